The SMILES string of the molecule is CCOC(=O)C1=C(CN2CC(F)(F)[C@H]3[C@@H]2CCN3C[C@@H](CC)C(=O)O)NC(c2nccs2)=N[C@@H]1c1ccc(F)nc1C. The van der Waals surface area contributed by atoms with E-state index < -0.39 is 54.4 Å². The van der Waals surface area contributed by atoms with Crippen molar-refractivity contribution in [2.75, 3.05) is 32.8 Å². The number of nitrogens with zero attached hydrogens (tertiary/aromatic N) is 5. The highest BCUT2D eigenvalue weighted by atomic mass is 32.1. The fraction of sp³-hybridized carbons (Fsp3) is 0.536. The number of aryl methyl sites for hydroxylation is 1. The molecule has 3 aliphatic rings. The van der Waals surface area contributed by atoms with E-state index in [4.69, 9.17) is 9.73 Å². The molecule has 226 valence electrons. The summed E-state index contributed by atoms with van der Waals surface area (Å²) in [6.45, 7) is 4.88. The molecule has 5 rings (SSSR count). The van der Waals surface area contributed by atoms with Gasteiger partial charge >= 0.3 is 11.9 Å². The molecule has 0 saturated carbocycles. The number of carboxylic acid groups (broad SMARTS) is 1. The molecule has 0 amide bonds. The van der Waals surface area contributed by atoms with Gasteiger partial charge in [-0.25, -0.2) is 23.5 Å². The number of hydrogen-bond acceptors (Lipinski definition) is 10. The molecule has 2 fully saturated rings. The Balaban J connectivity index is 1.53. The standard InChI is InChI=1S/C28H33F3N6O4S/c1-4-16(26(38)39)12-36-10-8-19-23(36)28(30,31)14-37(19)13-18-21(27(40)41-5-2)22(17-6-7-20(29)33-15(17)3)35-24(34-18)25-32-9-11-42-25/h6-7,9,11,16,19,22-23H,4-5,8,10,12-14H2,1-3H3,(H,34,35)(H,38,39)/t16-,19+,22-,23-/m1/s1. The van der Waals surface area contributed by atoms with Crippen LogP contribution >= 0.6 is 11.3 Å². The summed E-state index contributed by atoms with van der Waals surface area (Å²) in [4.78, 5) is 41.3. The number of halogens is 3. The maximum Gasteiger partial charge on any atom is 0.338 e. The van der Waals surface area contributed by atoms with Gasteiger partial charge in [0.2, 0.25) is 5.95 Å². The van der Waals surface area contributed by atoms with Crippen molar-refractivity contribution in [3.63, 3.8) is 0 Å². The number of aliphatic carboxylic acids is 1. The average molecular weight is 607 g/mol. The quantitative estimate of drug-likeness (QED) is 0.310. The Kier molecular flexibility index (Phi) is 8.67. The van der Waals surface area contributed by atoms with Crippen LogP contribution in [0.5, 0.6) is 0 Å². The minimum absolute atomic E-state index is 0.0382. The summed E-state index contributed by atoms with van der Waals surface area (Å²) in [6, 6.07) is 0.0541. The van der Waals surface area contributed by atoms with Crippen molar-refractivity contribution >= 4 is 29.1 Å². The van der Waals surface area contributed by atoms with Gasteiger partial charge in [0.1, 0.15) is 6.04 Å². The fourth-order valence-corrected chi connectivity index (χ4v) is 6.76. The zero-order chi connectivity index (χ0) is 30.2. The maximum absolute atomic E-state index is 15.6. The van der Waals surface area contributed by atoms with Gasteiger partial charge in [0.15, 0.2) is 10.8 Å². The van der Waals surface area contributed by atoms with Crippen LogP contribution in [0.2, 0.25) is 0 Å². The zero-order valence-electron chi connectivity index (χ0n) is 23.5. The fourth-order valence-electron chi connectivity index (χ4n) is 6.17. The third-order valence-corrected chi connectivity index (χ3v) is 8.87. The number of alkyl halides is 2. The summed E-state index contributed by atoms with van der Waals surface area (Å²) in [5, 5.41) is 15.0. The predicted octanol–water partition coefficient (Wildman–Crippen LogP) is 3.40. The second-order valence-corrected chi connectivity index (χ2v) is 11.6. The van der Waals surface area contributed by atoms with Crippen molar-refractivity contribution < 1.29 is 32.6 Å². The van der Waals surface area contributed by atoms with Crippen LogP contribution in [0.4, 0.5) is 13.2 Å². The first-order valence-corrected chi connectivity index (χ1v) is 14.8. The number of carbonyl (C=O) groups excluding carboxylic acids is 1. The number of hydrogen-bond donors (Lipinski definition) is 2. The molecule has 5 heterocycles. The Morgan fingerprint density at radius 2 is 2.07 bits per heavy atom. The van der Waals surface area contributed by atoms with E-state index in [0.29, 0.717) is 47.2 Å². The highest BCUT2D eigenvalue weighted by Gasteiger charge is 2.59. The Morgan fingerprint density at radius 1 is 1.29 bits per heavy atom. The maximum atomic E-state index is 15.6. The summed E-state index contributed by atoms with van der Waals surface area (Å²) >= 11 is 1.32. The zero-order valence-corrected chi connectivity index (χ0v) is 24.3. The van der Waals surface area contributed by atoms with E-state index in [9.17, 15) is 19.1 Å². The van der Waals surface area contributed by atoms with Crippen LogP contribution in [0, 0.1) is 18.8 Å². The molecule has 0 spiro atoms. The van der Waals surface area contributed by atoms with E-state index in [0.717, 1.165) is 0 Å². The molecule has 0 unspecified atom stereocenters. The number of amidine groups is 1. The van der Waals surface area contributed by atoms with Gasteiger partial charge in [-0.2, -0.15) is 4.39 Å². The third-order valence-electron chi connectivity index (χ3n) is 8.09. The van der Waals surface area contributed by atoms with E-state index >= 15 is 8.78 Å². The first-order valence-electron chi connectivity index (χ1n) is 13.9. The number of ether oxygens (including phenoxy) is 1. The van der Waals surface area contributed by atoms with Gasteiger partial charge in [-0.1, -0.05) is 13.0 Å². The molecule has 0 bridgehead atoms. The van der Waals surface area contributed by atoms with E-state index in [1.54, 1.807) is 42.1 Å². The predicted molar refractivity (Wildman–Crippen MR) is 149 cm³/mol. The highest BCUT2D eigenvalue weighted by Crippen LogP contribution is 2.43. The number of carbonyl (C=O) groups is 2. The summed E-state index contributed by atoms with van der Waals surface area (Å²) in [5.41, 5.74) is 1.28. The minimum Gasteiger partial charge on any atom is -0.481 e. The first kappa shape index (κ1) is 30.1. The first-order chi connectivity index (χ1) is 20.0. The largest absolute Gasteiger partial charge is 0.481 e. The van der Waals surface area contributed by atoms with E-state index in [-0.39, 0.29) is 25.3 Å². The number of aliphatic imine (C=N–C) groups is 1. The molecule has 10 nitrogen and oxygen atoms in total. The summed E-state index contributed by atoms with van der Waals surface area (Å²) in [5.74, 6) is -5.83. The number of thiazole rings is 1. The van der Waals surface area contributed by atoms with Crippen molar-refractivity contribution in [2.45, 2.75) is 57.7 Å². The number of fused-ring (bicyclic) bond motifs is 1. The van der Waals surface area contributed by atoms with Crippen LogP contribution < -0.4 is 5.32 Å². The van der Waals surface area contributed by atoms with Crippen LogP contribution in [-0.4, -0.2) is 93.4 Å². The lowest BCUT2D eigenvalue weighted by atomic mass is 9.94. The smallest absolute Gasteiger partial charge is 0.338 e. The van der Waals surface area contributed by atoms with Crippen molar-refractivity contribution in [1.82, 2.24) is 25.1 Å². The van der Waals surface area contributed by atoms with Crippen LogP contribution in [0.3, 0.4) is 0 Å². The van der Waals surface area contributed by atoms with E-state index in [1.165, 1.54) is 23.5 Å². The van der Waals surface area contributed by atoms with Gasteiger partial charge in [-0.15, -0.1) is 11.3 Å². The van der Waals surface area contributed by atoms with Gasteiger partial charge in [0, 0.05) is 54.2 Å². The summed E-state index contributed by atoms with van der Waals surface area (Å²) in [7, 11) is 0. The molecule has 0 radical (unpaired) electrons. The molecular formula is C28H33F3N6O4S. The highest BCUT2D eigenvalue weighted by molar-refractivity contribution is 7.11. The minimum atomic E-state index is -3.10. The van der Waals surface area contributed by atoms with Gasteiger partial charge in [0.05, 0.1) is 30.7 Å². The molecule has 2 saturated heterocycles. The number of aromatic nitrogens is 2. The van der Waals surface area contributed by atoms with Crippen LogP contribution in [0.1, 0.15) is 49.0 Å². The van der Waals surface area contributed by atoms with Gasteiger partial charge in [0.25, 0.3) is 5.92 Å². The monoisotopic (exact) mass is 606 g/mol. The van der Waals surface area contributed by atoms with Crippen molar-refractivity contribution in [3.05, 3.63) is 57.2 Å². The Labute approximate surface area is 245 Å². The molecule has 3 aliphatic heterocycles. The second-order valence-electron chi connectivity index (χ2n) is 10.7. The average Bonchev–Trinajstić information content (AvgIpc) is 3.66. The number of likely N-dealkylation sites (tertiary alicyclic amines) is 2. The molecule has 2 N–H and O–H groups in total. The molecule has 0 aliphatic carbocycles. The van der Waals surface area contributed by atoms with Crippen molar-refractivity contribution in [2.24, 2.45) is 10.9 Å². The third kappa shape index (κ3) is 5.79. The Bertz CT molecular complexity index is 1400. The van der Waals surface area contributed by atoms with E-state index in [2.05, 4.69) is 15.3 Å². The molecule has 2 aromatic rings. The lowest BCUT2D eigenvalue weighted by molar-refractivity contribution is -0.143. The van der Waals surface area contributed by atoms with Gasteiger partial charge in [-0.05, 0) is 32.8 Å². The summed E-state index contributed by atoms with van der Waals surface area (Å²) in [6.07, 6.45) is 2.37. The molecule has 0 aromatic carbocycles. The lowest BCUT2D eigenvalue weighted by Crippen LogP contribution is -2.47. The molecule has 4 atom stereocenters. The number of pyridine rings is 1. The van der Waals surface area contributed by atoms with Crippen molar-refractivity contribution in [1.29, 1.82) is 0 Å². The van der Waals surface area contributed by atoms with Gasteiger partial charge in [-0.3, -0.25) is 19.6 Å². The molecule has 14 heteroatoms. The van der Waals surface area contributed by atoms with Crippen LogP contribution in [0.15, 0.2) is 40.0 Å². The number of carboxylic acids is 1. The molecule has 42 heavy (non-hydrogen) atoms. The lowest BCUT2D eigenvalue weighted by Gasteiger charge is -2.31. The molecular weight excluding hydrogens is 573 g/mol. The number of nitrogens with one attached hydrogen (secondary N) is 1. The Morgan fingerprint density at radius 3 is 2.71 bits per heavy atom. The van der Waals surface area contributed by atoms with Crippen LogP contribution in [0.25, 0.3) is 0 Å². The summed E-state index contributed by atoms with van der Waals surface area (Å²) < 4.78 is 50.5. The molecule has 2 aromatic heterocycles. The normalized spacial score (nSPS) is 24.7. The van der Waals surface area contributed by atoms with Crippen molar-refractivity contribution in [3.8, 4) is 0 Å². The van der Waals surface area contributed by atoms with E-state index in [1.807, 2.05) is 0 Å². The Hall–Kier alpha value is -3.36. The topological polar surface area (TPSA) is 120 Å². The van der Waals surface area contributed by atoms with Crippen LogP contribution in [-0.2, 0) is 14.3 Å². The number of rotatable bonds is 10. The number of esters is 1. The van der Waals surface area contributed by atoms with Gasteiger partial charge < -0.3 is 15.2 Å². The second kappa shape index (κ2) is 12.1.